The van der Waals surface area contributed by atoms with Gasteiger partial charge in [0.1, 0.15) is 6.67 Å². The van der Waals surface area contributed by atoms with Crippen molar-refractivity contribution in [2.75, 3.05) is 6.67 Å². The molecule has 0 spiro atoms. The zero-order chi connectivity index (χ0) is 9.07. The van der Waals surface area contributed by atoms with Gasteiger partial charge in [-0.25, -0.2) is 4.39 Å². The van der Waals surface area contributed by atoms with Crippen LogP contribution in [-0.4, -0.2) is 24.5 Å². The van der Waals surface area contributed by atoms with Crippen LogP contribution >= 0.6 is 0 Å². The number of carbonyl (C=O) groups is 1. The number of nitrogens with one attached hydrogen (secondary N) is 1. The molecule has 0 aliphatic rings. The largest absolute Gasteiger partial charge is 0.344 e. The molecule has 66 valence electrons. The predicted octanol–water partition coefficient (Wildman–Crippen LogP) is 1.12. The first-order valence-corrected chi connectivity index (χ1v) is 3.05. The van der Waals surface area contributed by atoms with Crippen LogP contribution in [0.25, 0.3) is 0 Å². The van der Waals surface area contributed by atoms with E-state index in [0.717, 1.165) is 0 Å². The SMILES string of the molecule is CC(C)(CF)NC(=O)C(F)F. The van der Waals surface area contributed by atoms with Gasteiger partial charge >= 0.3 is 6.43 Å². The minimum atomic E-state index is -3.08. The van der Waals surface area contributed by atoms with Crippen LogP contribution in [0.2, 0.25) is 0 Å². The predicted molar refractivity (Wildman–Crippen MR) is 34.2 cm³/mol. The minimum Gasteiger partial charge on any atom is -0.344 e. The summed E-state index contributed by atoms with van der Waals surface area (Å²) >= 11 is 0. The van der Waals surface area contributed by atoms with Gasteiger partial charge in [-0.05, 0) is 13.8 Å². The Bertz CT molecular complexity index is 147. The molecule has 0 atom stereocenters. The number of hydrogen-bond donors (Lipinski definition) is 1. The highest BCUT2D eigenvalue weighted by Gasteiger charge is 2.24. The molecule has 0 aliphatic carbocycles. The fourth-order valence-corrected chi connectivity index (χ4v) is 0.421. The Morgan fingerprint density at radius 2 is 2.00 bits per heavy atom. The molecule has 0 heterocycles. The molecule has 2 nitrogen and oxygen atoms in total. The maximum absolute atomic E-state index is 11.9. The number of carbonyl (C=O) groups excluding carboxylic acids is 1. The third-order valence-corrected chi connectivity index (χ3v) is 0.994. The quantitative estimate of drug-likeness (QED) is 0.673. The standard InChI is InChI=1S/C6H10F3NO/c1-6(2,3-7)10-5(11)4(8)9/h4H,3H2,1-2H3,(H,10,11). The Morgan fingerprint density at radius 3 is 2.27 bits per heavy atom. The lowest BCUT2D eigenvalue weighted by atomic mass is 10.1. The van der Waals surface area contributed by atoms with E-state index >= 15 is 0 Å². The zero-order valence-corrected chi connectivity index (χ0v) is 6.33. The highest BCUT2D eigenvalue weighted by molar-refractivity contribution is 5.79. The van der Waals surface area contributed by atoms with E-state index in [4.69, 9.17) is 0 Å². The van der Waals surface area contributed by atoms with Crippen molar-refractivity contribution in [1.82, 2.24) is 5.32 Å². The average Bonchev–Trinajstić information content (AvgIpc) is 1.87. The van der Waals surface area contributed by atoms with Crippen molar-refractivity contribution >= 4 is 5.91 Å². The zero-order valence-electron chi connectivity index (χ0n) is 6.33. The van der Waals surface area contributed by atoms with E-state index in [9.17, 15) is 18.0 Å². The molecule has 1 N–H and O–H groups in total. The maximum Gasteiger partial charge on any atom is 0.315 e. The van der Waals surface area contributed by atoms with Gasteiger partial charge in [-0.15, -0.1) is 0 Å². The second-order valence-corrected chi connectivity index (χ2v) is 2.81. The van der Waals surface area contributed by atoms with Gasteiger partial charge in [0.25, 0.3) is 5.91 Å². The number of alkyl halides is 3. The van der Waals surface area contributed by atoms with E-state index < -0.39 is 24.5 Å². The van der Waals surface area contributed by atoms with Crippen LogP contribution < -0.4 is 5.32 Å². The maximum atomic E-state index is 11.9. The van der Waals surface area contributed by atoms with E-state index in [1.54, 1.807) is 0 Å². The fraction of sp³-hybridized carbons (Fsp3) is 0.833. The molecule has 0 aliphatic heterocycles. The second-order valence-electron chi connectivity index (χ2n) is 2.81. The first-order valence-electron chi connectivity index (χ1n) is 3.05. The average molecular weight is 169 g/mol. The van der Waals surface area contributed by atoms with Crippen molar-refractivity contribution in [3.63, 3.8) is 0 Å². The molecule has 0 aromatic carbocycles. The van der Waals surface area contributed by atoms with E-state index in [-0.39, 0.29) is 0 Å². The molecule has 5 heteroatoms. The molecular formula is C6H10F3NO. The van der Waals surface area contributed by atoms with E-state index in [0.29, 0.717) is 0 Å². The second kappa shape index (κ2) is 3.59. The van der Waals surface area contributed by atoms with Crippen molar-refractivity contribution in [3.8, 4) is 0 Å². The summed E-state index contributed by atoms with van der Waals surface area (Å²) < 4.78 is 35.1. The van der Waals surface area contributed by atoms with Crippen molar-refractivity contribution < 1.29 is 18.0 Å². The van der Waals surface area contributed by atoms with E-state index in [1.165, 1.54) is 13.8 Å². The van der Waals surface area contributed by atoms with Crippen LogP contribution in [0.15, 0.2) is 0 Å². The van der Waals surface area contributed by atoms with Gasteiger partial charge < -0.3 is 5.32 Å². The minimum absolute atomic E-state index is 0.870. The van der Waals surface area contributed by atoms with Gasteiger partial charge in [-0.1, -0.05) is 0 Å². The number of amides is 1. The summed E-state index contributed by atoms with van der Waals surface area (Å²) in [5.41, 5.74) is -1.20. The van der Waals surface area contributed by atoms with Gasteiger partial charge in [-0.2, -0.15) is 8.78 Å². The molecular weight excluding hydrogens is 159 g/mol. The lowest BCUT2D eigenvalue weighted by Gasteiger charge is -2.21. The number of hydrogen-bond acceptors (Lipinski definition) is 1. The Balaban J connectivity index is 3.94. The molecule has 0 fully saturated rings. The summed E-state index contributed by atoms with van der Waals surface area (Å²) in [5.74, 6) is -1.44. The fourth-order valence-electron chi connectivity index (χ4n) is 0.421. The van der Waals surface area contributed by atoms with Crippen molar-refractivity contribution in [2.45, 2.75) is 25.8 Å². The van der Waals surface area contributed by atoms with Crippen LogP contribution in [0.4, 0.5) is 13.2 Å². The van der Waals surface area contributed by atoms with Gasteiger partial charge in [0.15, 0.2) is 0 Å². The van der Waals surface area contributed by atoms with Crippen LogP contribution in [0.3, 0.4) is 0 Å². The summed E-state index contributed by atoms with van der Waals surface area (Å²) in [7, 11) is 0. The normalized spacial score (nSPS) is 11.8. The molecule has 0 radical (unpaired) electrons. The summed E-state index contributed by atoms with van der Waals surface area (Å²) in [6.45, 7) is 1.78. The molecule has 0 bridgehead atoms. The van der Waals surface area contributed by atoms with Gasteiger partial charge in [0.05, 0.1) is 5.54 Å². The molecule has 0 saturated carbocycles. The Kier molecular flexibility index (Phi) is 3.35. The lowest BCUT2D eigenvalue weighted by Crippen LogP contribution is -2.47. The van der Waals surface area contributed by atoms with Crippen LogP contribution in [-0.2, 0) is 4.79 Å². The third kappa shape index (κ3) is 3.85. The number of halogens is 3. The highest BCUT2D eigenvalue weighted by Crippen LogP contribution is 2.04. The van der Waals surface area contributed by atoms with Crippen LogP contribution in [0, 0.1) is 0 Å². The third-order valence-electron chi connectivity index (χ3n) is 0.994. The Hall–Kier alpha value is -0.740. The highest BCUT2D eigenvalue weighted by atomic mass is 19.3. The van der Waals surface area contributed by atoms with Crippen molar-refractivity contribution in [3.05, 3.63) is 0 Å². The molecule has 0 unspecified atom stereocenters. The Labute approximate surface area is 62.8 Å². The molecule has 1 amide bonds. The van der Waals surface area contributed by atoms with Crippen LogP contribution in [0.1, 0.15) is 13.8 Å². The summed E-state index contributed by atoms with van der Waals surface area (Å²) in [5, 5.41) is 1.84. The lowest BCUT2D eigenvalue weighted by molar-refractivity contribution is -0.133. The molecule has 0 saturated heterocycles. The van der Waals surface area contributed by atoms with Crippen molar-refractivity contribution in [2.24, 2.45) is 0 Å². The molecule has 11 heavy (non-hydrogen) atoms. The molecule has 0 rings (SSSR count). The van der Waals surface area contributed by atoms with Gasteiger partial charge in [-0.3, -0.25) is 4.79 Å². The smallest absolute Gasteiger partial charge is 0.315 e. The number of rotatable bonds is 3. The van der Waals surface area contributed by atoms with Crippen LogP contribution in [0.5, 0.6) is 0 Å². The summed E-state index contributed by atoms with van der Waals surface area (Å²) in [4.78, 5) is 10.3. The molecule has 0 aromatic rings. The van der Waals surface area contributed by atoms with Crippen molar-refractivity contribution in [1.29, 1.82) is 0 Å². The monoisotopic (exact) mass is 169 g/mol. The summed E-state index contributed by atoms with van der Waals surface area (Å²) in [6, 6.07) is 0. The molecule has 0 aromatic heterocycles. The summed E-state index contributed by atoms with van der Waals surface area (Å²) in [6.07, 6.45) is -3.08. The van der Waals surface area contributed by atoms with E-state index in [1.807, 2.05) is 5.32 Å². The Morgan fingerprint density at radius 1 is 1.55 bits per heavy atom. The van der Waals surface area contributed by atoms with Gasteiger partial charge in [0.2, 0.25) is 0 Å². The first kappa shape index (κ1) is 10.3. The van der Waals surface area contributed by atoms with Gasteiger partial charge in [0, 0.05) is 0 Å². The topological polar surface area (TPSA) is 29.1 Å². The first-order chi connectivity index (χ1) is 4.89. The van der Waals surface area contributed by atoms with E-state index in [2.05, 4.69) is 0 Å².